The number of benzene rings is 3. The molecule has 1 atom stereocenters. The van der Waals surface area contributed by atoms with E-state index >= 15 is 0 Å². The van der Waals surface area contributed by atoms with Crippen molar-refractivity contribution >= 4 is 62.4 Å². The highest BCUT2D eigenvalue weighted by atomic mass is 32.2. The van der Waals surface area contributed by atoms with Crippen molar-refractivity contribution in [2.75, 3.05) is 22.5 Å². The van der Waals surface area contributed by atoms with E-state index in [-0.39, 0.29) is 5.91 Å². The van der Waals surface area contributed by atoms with Crippen LogP contribution in [0.4, 0.5) is 17.1 Å². The lowest BCUT2D eigenvalue weighted by Crippen LogP contribution is -2.34. The summed E-state index contributed by atoms with van der Waals surface area (Å²) in [5, 5.41) is 6.98. The first-order valence-electron chi connectivity index (χ1n) is 9.75. The van der Waals surface area contributed by atoms with Crippen LogP contribution in [0, 0.1) is 0 Å². The van der Waals surface area contributed by atoms with Gasteiger partial charge in [-0.05, 0) is 36.1 Å². The number of thioether (sulfide) groups is 2. The topological polar surface area (TPSA) is 44.7 Å². The summed E-state index contributed by atoms with van der Waals surface area (Å²) >= 11 is 3.32. The van der Waals surface area contributed by atoms with Crippen LogP contribution >= 0.6 is 23.5 Å². The number of rotatable bonds is 2. The minimum Gasteiger partial charge on any atom is -0.334 e. The van der Waals surface area contributed by atoms with Gasteiger partial charge in [-0.25, -0.2) is 4.99 Å². The number of carbonyl (C=O) groups is 1. The van der Waals surface area contributed by atoms with Crippen LogP contribution in [0.15, 0.2) is 70.6 Å². The van der Waals surface area contributed by atoms with Crippen molar-refractivity contribution in [2.24, 2.45) is 4.99 Å². The Morgan fingerprint density at radius 3 is 2.90 bits per heavy atom. The SMILES string of the molecule is C[C@H]1CCN(C(=O)CSC2=Nc3cccc4cccc(c34)N2)c2ccccc2S1. The van der Waals surface area contributed by atoms with Crippen molar-refractivity contribution in [3.8, 4) is 0 Å². The normalized spacial score (nSPS) is 17.9. The third-order valence-electron chi connectivity index (χ3n) is 5.22. The highest BCUT2D eigenvalue weighted by Gasteiger charge is 2.25. The molecule has 2 heterocycles. The van der Waals surface area contributed by atoms with E-state index in [1.807, 2.05) is 47.0 Å². The van der Waals surface area contributed by atoms with Crippen LogP contribution in [0.25, 0.3) is 10.8 Å². The van der Waals surface area contributed by atoms with Crippen LogP contribution in [0.2, 0.25) is 0 Å². The first-order chi connectivity index (χ1) is 14.2. The number of carbonyl (C=O) groups excluding carboxylic acids is 1. The van der Waals surface area contributed by atoms with Crippen LogP contribution in [-0.4, -0.2) is 28.6 Å². The molecule has 0 spiro atoms. The zero-order valence-corrected chi connectivity index (χ0v) is 17.7. The lowest BCUT2D eigenvalue weighted by molar-refractivity contribution is -0.116. The number of hydrogen-bond donors (Lipinski definition) is 1. The van der Waals surface area contributed by atoms with Crippen LogP contribution < -0.4 is 10.2 Å². The first-order valence-corrected chi connectivity index (χ1v) is 11.6. The molecule has 3 aromatic rings. The second kappa shape index (κ2) is 7.76. The third-order valence-corrected chi connectivity index (χ3v) is 7.32. The Hall–Kier alpha value is -2.44. The second-order valence-electron chi connectivity index (χ2n) is 7.24. The monoisotopic (exact) mass is 419 g/mol. The van der Waals surface area contributed by atoms with E-state index in [0.717, 1.165) is 40.6 Å². The molecule has 0 bridgehead atoms. The predicted octanol–water partition coefficient (Wildman–Crippen LogP) is 5.90. The lowest BCUT2D eigenvalue weighted by Gasteiger charge is -2.23. The number of fused-ring (bicyclic) bond motifs is 1. The fourth-order valence-corrected chi connectivity index (χ4v) is 5.67. The largest absolute Gasteiger partial charge is 0.334 e. The molecule has 3 aromatic carbocycles. The van der Waals surface area contributed by atoms with Crippen molar-refractivity contribution in [1.29, 1.82) is 0 Å². The molecule has 1 amide bonds. The summed E-state index contributed by atoms with van der Waals surface area (Å²) in [6.07, 6.45) is 0.990. The summed E-state index contributed by atoms with van der Waals surface area (Å²) in [6, 6.07) is 20.6. The Morgan fingerprint density at radius 1 is 1.17 bits per heavy atom. The Morgan fingerprint density at radius 2 is 2.00 bits per heavy atom. The van der Waals surface area contributed by atoms with Crippen molar-refractivity contribution in [1.82, 2.24) is 0 Å². The Kier molecular flexibility index (Phi) is 4.97. The number of amidine groups is 1. The number of amides is 1. The molecule has 0 saturated heterocycles. The molecule has 2 aliphatic rings. The van der Waals surface area contributed by atoms with E-state index in [2.05, 4.69) is 42.6 Å². The Balaban J connectivity index is 1.35. The van der Waals surface area contributed by atoms with E-state index in [1.54, 1.807) is 0 Å². The van der Waals surface area contributed by atoms with Gasteiger partial charge in [0.25, 0.3) is 0 Å². The van der Waals surface area contributed by atoms with E-state index in [9.17, 15) is 4.79 Å². The minimum atomic E-state index is 0.124. The van der Waals surface area contributed by atoms with Gasteiger partial charge in [-0.15, -0.1) is 11.8 Å². The molecule has 29 heavy (non-hydrogen) atoms. The van der Waals surface area contributed by atoms with Crippen LogP contribution in [0.1, 0.15) is 13.3 Å². The van der Waals surface area contributed by atoms with Gasteiger partial charge in [-0.2, -0.15) is 0 Å². The molecule has 0 radical (unpaired) electrons. The van der Waals surface area contributed by atoms with Gasteiger partial charge < -0.3 is 10.2 Å². The number of para-hydroxylation sites is 1. The third kappa shape index (κ3) is 3.63. The summed E-state index contributed by atoms with van der Waals surface area (Å²) in [5.41, 5.74) is 3.03. The smallest absolute Gasteiger partial charge is 0.237 e. The molecule has 6 heteroatoms. The van der Waals surface area contributed by atoms with Gasteiger partial charge in [0.05, 0.1) is 22.8 Å². The molecule has 0 aliphatic carbocycles. The van der Waals surface area contributed by atoms with Gasteiger partial charge in [-0.1, -0.05) is 55.1 Å². The highest BCUT2D eigenvalue weighted by Crippen LogP contribution is 2.39. The van der Waals surface area contributed by atoms with Gasteiger partial charge in [0, 0.05) is 22.1 Å². The standard InChI is InChI=1S/C23H21N3OS2/c1-15-12-13-26(19-10-2-3-11-20(19)29-15)21(27)14-28-23-24-17-8-4-6-16-7-5-9-18(25-23)22(16)17/h2-11,15H,12-14H2,1H3,(H,24,25)/t15-/m0/s1. The quantitative estimate of drug-likeness (QED) is 0.561. The van der Waals surface area contributed by atoms with Crippen molar-refractivity contribution in [3.05, 3.63) is 60.7 Å². The molecule has 4 nitrogen and oxygen atoms in total. The number of aliphatic imine (C=N–C) groups is 1. The summed E-state index contributed by atoms with van der Waals surface area (Å²) in [5.74, 6) is 0.482. The van der Waals surface area contributed by atoms with Gasteiger partial charge in [-0.3, -0.25) is 4.79 Å². The molecule has 0 unspecified atom stereocenters. The molecule has 146 valence electrons. The average molecular weight is 420 g/mol. The highest BCUT2D eigenvalue weighted by molar-refractivity contribution is 8.14. The summed E-state index contributed by atoms with van der Waals surface area (Å²) < 4.78 is 0. The van der Waals surface area contributed by atoms with Crippen LogP contribution in [-0.2, 0) is 4.79 Å². The number of nitrogens with zero attached hydrogens (tertiary/aromatic N) is 2. The van der Waals surface area contributed by atoms with E-state index in [4.69, 9.17) is 4.99 Å². The van der Waals surface area contributed by atoms with Gasteiger partial charge in [0.2, 0.25) is 5.91 Å². The fraction of sp³-hybridized carbons (Fsp3) is 0.217. The second-order valence-corrected chi connectivity index (χ2v) is 9.69. The molecule has 1 N–H and O–H groups in total. The maximum atomic E-state index is 13.1. The average Bonchev–Trinajstić information content (AvgIpc) is 2.90. The summed E-state index contributed by atoms with van der Waals surface area (Å²) in [4.78, 5) is 21.0. The molecule has 0 aromatic heterocycles. The van der Waals surface area contributed by atoms with Crippen LogP contribution in [0.3, 0.4) is 0 Å². The molecular weight excluding hydrogens is 398 g/mol. The number of anilines is 2. The van der Waals surface area contributed by atoms with E-state index in [1.165, 1.54) is 22.0 Å². The zero-order chi connectivity index (χ0) is 19.8. The Bertz CT molecular complexity index is 1120. The van der Waals surface area contributed by atoms with Crippen molar-refractivity contribution in [3.63, 3.8) is 0 Å². The molecule has 2 aliphatic heterocycles. The molecule has 5 rings (SSSR count). The molecule has 0 saturated carbocycles. The maximum absolute atomic E-state index is 13.1. The fourth-order valence-electron chi connectivity index (χ4n) is 3.79. The summed E-state index contributed by atoms with van der Waals surface area (Å²) in [7, 11) is 0. The Labute approximate surface area is 178 Å². The predicted molar refractivity (Wildman–Crippen MR) is 126 cm³/mol. The summed E-state index contributed by atoms with van der Waals surface area (Å²) in [6.45, 7) is 2.98. The number of hydrogen-bond acceptors (Lipinski definition) is 5. The van der Waals surface area contributed by atoms with Crippen LogP contribution in [0.5, 0.6) is 0 Å². The van der Waals surface area contributed by atoms with Gasteiger partial charge in [0.1, 0.15) is 0 Å². The zero-order valence-electron chi connectivity index (χ0n) is 16.1. The van der Waals surface area contributed by atoms with Crippen molar-refractivity contribution < 1.29 is 4.79 Å². The van der Waals surface area contributed by atoms with E-state index < -0.39 is 0 Å². The van der Waals surface area contributed by atoms with Gasteiger partial charge >= 0.3 is 0 Å². The van der Waals surface area contributed by atoms with E-state index in [0.29, 0.717) is 11.0 Å². The van der Waals surface area contributed by atoms with Crippen molar-refractivity contribution in [2.45, 2.75) is 23.5 Å². The maximum Gasteiger partial charge on any atom is 0.237 e. The lowest BCUT2D eigenvalue weighted by atomic mass is 10.1. The molecule has 0 fully saturated rings. The number of nitrogens with one attached hydrogen (secondary N) is 1. The first kappa shape index (κ1) is 18.6. The molecular formula is C23H21N3OS2. The van der Waals surface area contributed by atoms with Gasteiger partial charge in [0.15, 0.2) is 5.17 Å². The minimum absolute atomic E-state index is 0.124.